The Bertz CT molecular complexity index is 909. The molecule has 0 unspecified atom stereocenters. The molecule has 1 aromatic carbocycles. The lowest BCUT2D eigenvalue weighted by Gasteiger charge is -2.56. The number of fused-ring (bicyclic) bond motifs is 1. The number of amides is 1. The highest BCUT2D eigenvalue weighted by Gasteiger charge is 2.51. The summed E-state index contributed by atoms with van der Waals surface area (Å²) in [5, 5.41) is 13.5. The normalized spacial score (nSPS) is 32.1. The van der Waals surface area contributed by atoms with Gasteiger partial charge in [0.2, 0.25) is 5.91 Å². The SMILES string of the molecule is O=C(CC12CC3CC(CC(C3)C1)C2)Nc1c(O)c2ccccc2oc1=O. The van der Waals surface area contributed by atoms with Gasteiger partial charge >= 0.3 is 5.63 Å². The van der Waals surface area contributed by atoms with Crippen molar-refractivity contribution in [2.45, 2.75) is 44.9 Å². The number of carbonyl (C=O) groups is 1. The van der Waals surface area contributed by atoms with E-state index >= 15 is 0 Å². The third-order valence-electron chi connectivity index (χ3n) is 6.75. The van der Waals surface area contributed by atoms with E-state index < -0.39 is 5.63 Å². The molecular weight excluding hydrogens is 330 g/mol. The van der Waals surface area contributed by atoms with Gasteiger partial charge in [0.1, 0.15) is 5.58 Å². The number of aromatic hydroxyl groups is 1. The van der Waals surface area contributed by atoms with E-state index in [1.54, 1.807) is 24.3 Å². The molecule has 0 aliphatic heterocycles. The fraction of sp³-hybridized carbons (Fsp3) is 0.524. The van der Waals surface area contributed by atoms with Gasteiger partial charge in [0.25, 0.3) is 0 Å². The van der Waals surface area contributed by atoms with Crippen molar-refractivity contribution in [1.82, 2.24) is 0 Å². The molecule has 5 heteroatoms. The highest BCUT2D eigenvalue weighted by atomic mass is 16.4. The standard InChI is InChI=1S/C21H23NO4/c23-17(11-21-8-12-5-13(9-21)7-14(6-12)10-21)22-18-19(24)15-3-1-2-4-16(15)26-20(18)25/h1-4,12-14,24H,5-11H2,(H,22,23). The number of carbonyl (C=O) groups excluding carboxylic acids is 1. The van der Waals surface area contributed by atoms with Gasteiger partial charge in [-0.1, -0.05) is 12.1 Å². The van der Waals surface area contributed by atoms with Crippen LogP contribution in [0.15, 0.2) is 33.5 Å². The molecule has 1 aromatic heterocycles. The second-order valence-electron chi connectivity index (χ2n) is 8.75. The molecule has 2 aromatic rings. The van der Waals surface area contributed by atoms with Crippen molar-refractivity contribution >= 4 is 22.6 Å². The van der Waals surface area contributed by atoms with Crippen molar-refractivity contribution in [3.63, 3.8) is 0 Å². The molecule has 0 saturated heterocycles. The Kier molecular flexibility index (Phi) is 3.43. The van der Waals surface area contributed by atoms with E-state index in [-0.39, 0.29) is 22.8 Å². The number of nitrogens with one attached hydrogen (secondary N) is 1. The van der Waals surface area contributed by atoms with Crippen LogP contribution >= 0.6 is 0 Å². The molecule has 0 spiro atoms. The van der Waals surface area contributed by atoms with Crippen molar-refractivity contribution in [2.75, 3.05) is 5.32 Å². The minimum Gasteiger partial charge on any atom is -0.505 e. The Hall–Kier alpha value is -2.30. The monoisotopic (exact) mass is 353 g/mol. The zero-order valence-corrected chi connectivity index (χ0v) is 14.7. The van der Waals surface area contributed by atoms with Crippen LogP contribution in [0.5, 0.6) is 5.75 Å². The van der Waals surface area contributed by atoms with E-state index in [9.17, 15) is 14.7 Å². The molecule has 136 valence electrons. The number of anilines is 1. The van der Waals surface area contributed by atoms with Crippen molar-refractivity contribution in [3.05, 3.63) is 34.7 Å². The zero-order valence-electron chi connectivity index (χ0n) is 14.7. The molecule has 1 amide bonds. The number of hydrogen-bond acceptors (Lipinski definition) is 4. The van der Waals surface area contributed by atoms with Crippen LogP contribution in [0.4, 0.5) is 5.69 Å². The summed E-state index contributed by atoms with van der Waals surface area (Å²) in [5.74, 6) is 1.91. The van der Waals surface area contributed by atoms with Crippen LogP contribution in [-0.4, -0.2) is 11.0 Å². The molecule has 6 rings (SSSR count). The minimum atomic E-state index is -0.708. The Morgan fingerprint density at radius 1 is 1.12 bits per heavy atom. The van der Waals surface area contributed by atoms with Gasteiger partial charge in [-0.3, -0.25) is 4.79 Å². The van der Waals surface area contributed by atoms with Crippen molar-refractivity contribution < 1.29 is 14.3 Å². The fourth-order valence-electron chi connectivity index (χ4n) is 6.27. The van der Waals surface area contributed by atoms with Crippen molar-refractivity contribution in [3.8, 4) is 5.75 Å². The average molecular weight is 353 g/mol. The summed E-state index contributed by atoms with van der Waals surface area (Å²) in [4.78, 5) is 24.9. The highest BCUT2D eigenvalue weighted by molar-refractivity contribution is 5.97. The van der Waals surface area contributed by atoms with Crippen LogP contribution in [0.1, 0.15) is 44.9 Å². The largest absolute Gasteiger partial charge is 0.505 e. The summed E-state index contributed by atoms with van der Waals surface area (Å²) in [6, 6.07) is 6.78. The van der Waals surface area contributed by atoms with Gasteiger partial charge in [0.05, 0.1) is 5.39 Å². The van der Waals surface area contributed by atoms with Crippen molar-refractivity contribution in [1.29, 1.82) is 0 Å². The van der Waals surface area contributed by atoms with E-state index in [1.807, 2.05) is 0 Å². The van der Waals surface area contributed by atoms with E-state index in [0.29, 0.717) is 17.4 Å². The first-order chi connectivity index (χ1) is 12.5. The number of para-hydroxylation sites is 1. The summed E-state index contributed by atoms with van der Waals surface area (Å²) in [6.07, 6.45) is 7.81. The van der Waals surface area contributed by atoms with E-state index in [4.69, 9.17) is 4.42 Å². The van der Waals surface area contributed by atoms with Gasteiger partial charge in [-0.15, -0.1) is 0 Å². The molecule has 4 aliphatic carbocycles. The first kappa shape index (κ1) is 15.9. The maximum Gasteiger partial charge on any atom is 0.364 e. The van der Waals surface area contributed by atoms with Gasteiger partial charge in [-0.25, -0.2) is 4.79 Å². The molecule has 4 bridgehead atoms. The lowest BCUT2D eigenvalue weighted by Crippen LogP contribution is -2.47. The predicted octanol–water partition coefficient (Wildman–Crippen LogP) is 4.04. The maximum atomic E-state index is 12.7. The van der Waals surface area contributed by atoms with Gasteiger partial charge in [0.15, 0.2) is 11.4 Å². The summed E-state index contributed by atoms with van der Waals surface area (Å²) in [7, 11) is 0. The van der Waals surface area contributed by atoms with E-state index in [0.717, 1.165) is 37.0 Å². The molecule has 4 fully saturated rings. The summed E-state index contributed by atoms with van der Waals surface area (Å²) in [5.41, 5.74) is -0.446. The minimum absolute atomic E-state index is 0.0888. The summed E-state index contributed by atoms with van der Waals surface area (Å²) in [6.45, 7) is 0. The molecule has 2 N–H and O–H groups in total. The predicted molar refractivity (Wildman–Crippen MR) is 98.0 cm³/mol. The summed E-state index contributed by atoms with van der Waals surface area (Å²) < 4.78 is 5.24. The fourth-order valence-corrected chi connectivity index (χ4v) is 6.27. The van der Waals surface area contributed by atoms with Crippen LogP contribution < -0.4 is 10.9 Å². The third-order valence-corrected chi connectivity index (χ3v) is 6.75. The van der Waals surface area contributed by atoms with Crippen LogP contribution in [0.25, 0.3) is 11.0 Å². The van der Waals surface area contributed by atoms with Gasteiger partial charge in [0, 0.05) is 6.42 Å². The van der Waals surface area contributed by atoms with Crippen LogP contribution in [0, 0.1) is 23.2 Å². The Morgan fingerprint density at radius 2 is 1.73 bits per heavy atom. The smallest absolute Gasteiger partial charge is 0.364 e. The molecule has 0 radical (unpaired) electrons. The lowest BCUT2D eigenvalue weighted by atomic mass is 9.49. The molecule has 4 aliphatic rings. The maximum absolute atomic E-state index is 12.7. The number of rotatable bonds is 3. The Morgan fingerprint density at radius 3 is 2.38 bits per heavy atom. The second-order valence-corrected chi connectivity index (χ2v) is 8.75. The van der Waals surface area contributed by atoms with Crippen LogP contribution in [0.2, 0.25) is 0 Å². The zero-order chi connectivity index (χ0) is 17.9. The topological polar surface area (TPSA) is 79.5 Å². The summed E-state index contributed by atoms with van der Waals surface area (Å²) >= 11 is 0. The average Bonchev–Trinajstić information content (AvgIpc) is 2.57. The van der Waals surface area contributed by atoms with E-state index in [1.165, 1.54) is 19.3 Å². The second kappa shape index (κ2) is 5.60. The first-order valence-electron chi connectivity index (χ1n) is 9.56. The molecular formula is C21H23NO4. The third kappa shape index (κ3) is 2.52. The van der Waals surface area contributed by atoms with Crippen LogP contribution in [-0.2, 0) is 4.79 Å². The quantitative estimate of drug-likeness (QED) is 0.816. The van der Waals surface area contributed by atoms with Crippen molar-refractivity contribution in [2.24, 2.45) is 23.2 Å². The van der Waals surface area contributed by atoms with E-state index in [2.05, 4.69) is 5.32 Å². The number of benzene rings is 1. The highest BCUT2D eigenvalue weighted by Crippen LogP contribution is 2.61. The number of hydrogen-bond donors (Lipinski definition) is 2. The van der Waals surface area contributed by atoms with Gasteiger partial charge in [-0.05, 0) is 73.8 Å². The molecule has 0 atom stereocenters. The van der Waals surface area contributed by atoms with Gasteiger partial charge in [-0.2, -0.15) is 0 Å². The Balaban J connectivity index is 1.40. The molecule has 4 saturated carbocycles. The molecule has 26 heavy (non-hydrogen) atoms. The van der Waals surface area contributed by atoms with Crippen LogP contribution in [0.3, 0.4) is 0 Å². The first-order valence-corrected chi connectivity index (χ1v) is 9.56. The lowest BCUT2D eigenvalue weighted by molar-refractivity contribution is -0.124. The van der Waals surface area contributed by atoms with Gasteiger partial charge < -0.3 is 14.8 Å². The molecule has 1 heterocycles. The Labute approximate surface area is 151 Å². The molecule has 5 nitrogen and oxygen atoms in total.